The van der Waals surface area contributed by atoms with E-state index >= 15 is 0 Å². The van der Waals surface area contributed by atoms with E-state index in [4.69, 9.17) is 0 Å². The molecule has 8 nitrogen and oxygen atoms in total. The molecule has 1 amide bonds. The van der Waals surface area contributed by atoms with Crippen molar-refractivity contribution in [3.05, 3.63) is 75.5 Å². The number of aromatic amines is 1. The molecule has 1 fully saturated rings. The molecule has 1 aliphatic rings. The highest BCUT2D eigenvalue weighted by atomic mass is 32.2. The Balaban J connectivity index is 1.52. The molecule has 0 aliphatic carbocycles. The molecule has 2 heterocycles. The van der Waals surface area contributed by atoms with E-state index in [0.717, 1.165) is 0 Å². The highest BCUT2D eigenvalue weighted by Gasteiger charge is 2.30. The van der Waals surface area contributed by atoms with Gasteiger partial charge in [0.05, 0.1) is 22.4 Å². The summed E-state index contributed by atoms with van der Waals surface area (Å²) in [6, 6.07) is 11.4. The van der Waals surface area contributed by atoms with Crippen LogP contribution in [0.15, 0.2) is 47.3 Å². The zero-order chi connectivity index (χ0) is 24.5. The summed E-state index contributed by atoms with van der Waals surface area (Å²) in [7, 11) is -3.38. The van der Waals surface area contributed by atoms with Crippen molar-refractivity contribution in [1.29, 1.82) is 0 Å². The summed E-state index contributed by atoms with van der Waals surface area (Å²) in [5, 5.41) is 7.84. The number of H-pyrrole nitrogens is 1. The third kappa shape index (κ3) is 5.02. The molecule has 3 aromatic rings. The number of hydrogen-bond donors (Lipinski definition) is 1. The van der Waals surface area contributed by atoms with E-state index in [-0.39, 0.29) is 49.0 Å². The van der Waals surface area contributed by atoms with E-state index in [1.165, 1.54) is 21.3 Å². The van der Waals surface area contributed by atoms with Crippen LogP contribution in [0.3, 0.4) is 0 Å². The first-order chi connectivity index (χ1) is 16.2. The molecule has 1 aliphatic heterocycles. The molecule has 10 heteroatoms. The smallest absolute Gasteiger partial charge is 0.272 e. The number of hydrogen-bond acceptors (Lipinski definition) is 5. The fourth-order valence-corrected chi connectivity index (χ4v) is 5.99. The van der Waals surface area contributed by atoms with Crippen LogP contribution < -0.4 is 5.56 Å². The minimum Gasteiger partial charge on any atom is -0.336 e. The highest BCUT2D eigenvalue weighted by Crippen LogP contribution is 2.20. The van der Waals surface area contributed by atoms with Crippen molar-refractivity contribution in [2.24, 2.45) is 5.92 Å². The zero-order valence-corrected chi connectivity index (χ0v) is 19.9. The number of amides is 1. The maximum atomic E-state index is 14.6. The van der Waals surface area contributed by atoms with E-state index in [1.54, 1.807) is 24.3 Å². The first kappa shape index (κ1) is 24.0. The van der Waals surface area contributed by atoms with Crippen molar-refractivity contribution in [1.82, 2.24) is 19.4 Å². The largest absolute Gasteiger partial charge is 0.336 e. The van der Waals surface area contributed by atoms with Gasteiger partial charge in [-0.25, -0.2) is 17.9 Å². The first-order valence-electron chi connectivity index (χ1n) is 11.2. The molecule has 0 unspecified atom stereocenters. The Bertz CT molecular complexity index is 1380. The normalized spacial score (nSPS) is 15.2. The van der Waals surface area contributed by atoms with Gasteiger partial charge in [-0.2, -0.15) is 9.40 Å². The van der Waals surface area contributed by atoms with Crippen LogP contribution >= 0.6 is 0 Å². The summed E-state index contributed by atoms with van der Waals surface area (Å²) < 4.78 is 40.9. The van der Waals surface area contributed by atoms with E-state index in [0.29, 0.717) is 28.5 Å². The number of sulfonamides is 1. The molecule has 4 rings (SSSR count). The van der Waals surface area contributed by atoms with Crippen molar-refractivity contribution in [3.8, 4) is 0 Å². The van der Waals surface area contributed by atoms with E-state index in [9.17, 15) is 22.4 Å². The Morgan fingerprint density at radius 2 is 1.76 bits per heavy atom. The molecular formula is C24H27FN4O4S. The van der Waals surface area contributed by atoms with Gasteiger partial charge in [-0.15, -0.1) is 0 Å². The van der Waals surface area contributed by atoms with E-state index in [1.807, 2.05) is 19.9 Å². The summed E-state index contributed by atoms with van der Waals surface area (Å²) in [4.78, 5) is 26.6. The van der Waals surface area contributed by atoms with Crippen LogP contribution in [0.5, 0.6) is 0 Å². The number of piperazine rings is 1. The molecule has 0 atom stereocenters. The van der Waals surface area contributed by atoms with Crippen LogP contribution in [0.2, 0.25) is 0 Å². The second-order valence-electron chi connectivity index (χ2n) is 8.90. The molecule has 180 valence electrons. The molecule has 0 radical (unpaired) electrons. The number of carbonyl (C=O) groups is 1. The minimum atomic E-state index is -3.38. The molecule has 1 N–H and O–H groups in total. The Labute approximate surface area is 197 Å². The lowest BCUT2D eigenvalue weighted by atomic mass is 10.0. The predicted molar refractivity (Wildman–Crippen MR) is 128 cm³/mol. The van der Waals surface area contributed by atoms with Gasteiger partial charge >= 0.3 is 0 Å². The van der Waals surface area contributed by atoms with Crippen molar-refractivity contribution in [2.75, 3.05) is 31.9 Å². The third-order valence-corrected chi connectivity index (χ3v) is 8.11. The number of nitrogens with zero attached hydrogens (tertiary/aromatic N) is 3. The van der Waals surface area contributed by atoms with Gasteiger partial charge in [0, 0.05) is 38.0 Å². The van der Waals surface area contributed by atoms with Gasteiger partial charge in [-0.05, 0) is 29.7 Å². The molecule has 1 saturated heterocycles. The summed E-state index contributed by atoms with van der Waals surface area (Å²) >= 11 is 0. The maximum Gasteiger partial charge on any atom is 0.272 e. The van der Waals surface area contributed by atoms with E-state index in [2.05, 4.69) is 10.2 Å². The van der Waals surface area contributed by atoms with Crippen LogP contribution in [-0.4, -0.2) is 65.7 Å². The Hall–Kier alpha value is -3.11. The van der Waals surface area contributed by atoms with Crippen LogP contribution in [-0.2, 0) is 16.4 Å². The average Bonchev–Trinajstić information content (AvgIpc) is 2.81. The average molecular weight is 487 g/mol. The van der Waals surface area contributed by atoms with Gasteiger partial charge in [0.1, 0.15) is 5.82 Å². The predicted octanol–water partition coefficient (Wildman–Crippen LogP) is 2.40. The van der Waals surface area contributed by atoms with Gasteiger partial charge < -0.3 is 4.90 Å². The number of carbonyl (C=O) groups excluding carboxylic acids is 1. The zero-order valence-electron chi connectivity index (χ0n) is 19.1. The van der Waals surface area contributed by atoms with Gasteiger partial charge in [0.15, 0.2) is 0 Å². The second-order valence-corrected chi connectivity index (χ2v) is 10.9. The van der Waals surface area contributed by atoms with Gasteiger partial charge in [-0.3, -0.25) is 9.59 Å². The number of aromatic nitrogens is 2. The number of halogens is 1. The molecule has 1 aromatic heterocycles. The van der Waals surface area contributed by atoms with Crippen LogP contribution in [0.1, 0.15) is 35.5 Å². The Morgan fingerprint density at radius 3 is 2.44 bits per heavy atom. The molecule has 0 saturated carbocycles. The summed E-state index contributed by atoms with van der Waals surface area (Å²) in [6.07, 6.45) is 0.305. The monoisotopic (exact) mass is 486 g/mol. The third-order valence-electron chi connectivity index (χ3n) is 5.87. The number of rotatable bonds is 6. The van der Waals surface area contributed by atoms with Crippen LogP contribution in [0.25, 0.3) is 10.8 Å². The van der Waals surface area contributed by atoms with Crippen molar-refractivity contribution < 1.29 is 17.6 Å². The number of fused-ring (bicyclic) bond motifs is 1. The molecular weight excluding hydrogens is 459 g/mol. The van der Waals surface area contributed by atoms with E-state index < -0.39 is 21.7 Å². The quantitative estimate of drug-likeness (QED) is 0.576. The topological polar surface area (TPSA) is 103 Å². The fourth-order valence-electron chi connectivity index (χ4n) is 4.21. The molecule has 0 bridgehead atoms. The summed E-state index contributed by atoms with van der Waals surface area (Å²) in [6.45, 7) is 4.47. The standard InChI is InChI=1S/C24H27FN4O4S/c1-16(2)15-34(32,33)29-11-9-28(10-12-29)24(31)20-13-17(7-8-21(20)25)14-22-18-5-3-4-6-19(18)23(30)27-26-22/h3-8,13,16H,9-12,14-15H2,1-2H3,(H,27,30). The fraction of sp³-hybridized carbons (Fsp3) is 0.375. The van der Waals surface area contributed by atoms with Gasteiger partial charge in [-0.1, -0.05) is 38.1 Å². The lowest BCUT2D eigenvalue weighted by Crippen LogP contribution is -2.51. The first-order valence-corrected chi connectivity index (χ1v) is 12.8. The SMILES string of the molecule is CC(C)CS(=O)(=O)N1CCN(C(=O)c2cc(Cc3n[nH]c(=O)c4ccccc34)ccc2F)CC1. The maximum absolute atomic E-state index is 14.6. The van der Waals surface area contributed by atoms with Gasteiger partial charge in [0.25, 0.3) is 11.5 Å². The summed E-state index contributed by atoms with van der Waals surface area (Å²) in [5.74, 6) is -1.04. The second kappa shape index (κ2) is 9.63. The number of nitrogens with one attached hydrogen (secondary N) is 1. The lowest BCUT2D eigenvalue weighted by molar-refractivity contribution is 0.0693. The van der Waals surface area contributed by atoms with Crippen molar-refractivity contribution >= 4 is 26.7 Å². The highest BCUT2D eigenvalue weighted by molar-refractivity contribution is 7.89. The molecule has 34 heavy (non-hydrogen) atoms. The van der Waals surface area contributed by atoms with Gasteiger partial charge in [0.2, 0.25) is 10.0 Å². The van der Waals surface area contributed by atoms with Crippen LogP contribution in [0.4, 0.5) is 4.39 Å². The number of benzene rings is 2. The van der Waals surface area contributed by atoms with Crippen LogP contribution in [0, 0.1) is 11.7 Å². The Kier molecular flexibility index (Phi) is 6.81. The van der Waals surface area contributed by atoms with Crippen molar-refractivity contribution in [2.45, 2.75) is 20.3 Å². The Morgan fingerprint density at radius 1 is 1.09 bits per heavy atom. The molecule has 0 spiro atoms. The summed E-state index contributed by atoms with van der Waals surface area (Å²) in [5.41, 5.74) is 0.936. The molecule has 2 aromatic carbocycles. The van der Waals surface area contributed by atoms with Crippen molar-refractivity contribution in [3.63, 3.8) is 0 Å². The lowest BCUT2D eigenvalue weighted by Gasteiger charge is -2.34. The minimum absolute atomic E-state index is 0.00977.